The van der Waals surface area contributed by atoms with Gasteiger partial charge in [-0.2, -0.15) is 5.10 Å². The Morgan fingerprint density at radius 3 is 2.44 bits per heavy atom. The Balaban J connectivity index is 1.78. The van der Waals surface area contributed by atoms with Crippen molar-refractivity contribution in [2.45, 2.75) is 11.8 Å². The molecule has 0 spiro atoms. The Labute approximate surface area is 198 Å². The molecule has 0 unspecified atom stereocenters. The third-order valence-electron chi connectivity index (χ3n) is 4.67. The normalized spacial score (nSPS) is 11.2. The summed E-state index contributed by atoms with van der Waals surface area (Å²) in [6, 6.07) is 18.8. The van der Waals surface area contributed by atoms with Crippen molar-refractivity contribution in [3.05, 3.63) is 78.4 Å². The van der Waals surface area contributed by atoms with Crippen molar-refractivity contribution in [2.24, 2.45) is 5.10 Å². The molecule has 0 aromatic heterocycles. The zero-order valence-electron chi connectivity index (χ0n) is 18.7. The van der Waals surface area contributed by atoms with Gasteiger partial charge in [0, 0.05) is 0 Å². The molecule has 0 saturated carbocycles. The number of nitrogens with one attached hydrogen (secondary N) is 1. The maximum atomic E-state index is 13.3. The van der Waals surface area contributed by atoms with Crippen LogP contribution in [-0.2, 0) is 14.8 Å². The number of amides is 1. The quantitative estimate of drug-likeness (QED) is 0.338. The number of hydrogen-bond donors (Lipinski definition) is 2. The van der Waals surface area contributed by atoms with Crippen molar-refractivity contribution in [1.29, 1.82) is 0 Å². The summed E-state index contributed by atoms with van der Waals surface area (Å²) >= 11 is 0. The van der Waals surface area contributed by atoms with Crippen LogP contribution in [0.3, 0.4) is 0 Å². The maximum Gasteiger partial charge on any atom is 0.264 e. The van der Waals surface area contributed by atoms with Crippen molar-refractivity contribution in [1.82, 2.24) is 5.43 Å². The largest absolute Gasteiger partial charge is 0.504 e. The molecule has 0 heterocycles. The minimum atomic E-state index is -4.05. The number of phenolic OH excluding ortho intramolecular Hbond substituents is 1. The van der Waals surface area contributed by atoms with Gasteiger partial charge in [0.2, 0.25) is 0 Å². The van der Waals surface area contributed by atoms with Gasteiger partial charge in [-0.25, -0.2) is 13.8 Å². The van der Waals surface area contributed by atoms with E-state index in [0.717, 1.165) is 4.31 Å². The first kappa shape index (κ1) is 24.6. The zero-order chi connectivity index (χ0) is 24.6. The third kappa shape index (κ3) is 6.04. The van der Waals surface area contributed by atoms with Crippen molar-refractivity contribution in [2.75, 3.05) is 24.6 Å². The molecule has 2 N–H and O–H groups in total. The highest BCUT2D eigenvalue weighted by atomic mass is 32.2. The smallest absolute Gasteiger partial charge is 0.264 e. The molecule has 178 valence electrons. The lowest BCUT2D eigenvalue weighted by Gasteiger charge is -2.23. The lowest BCUT2D eigenvalue weighted by Crippen LogP contribution is -2.39. The van der Waals surface area contributed by atoms with E-state index < -0.39 is 22.5 Å². The van der Waals surface area contributed by atoms with Crippen molar-refractivity contribution in [3.8, 4) is 17.2 Å². The van der Waals surface area contributed by atoms with Gasteiger partial charge in [-0.05, 0) is 67.1 Å². The molecule has 3 rings (SSSR count). The Hall–Kier alpha value is -4.05. The number of aromatic hydroxyl groups is 1. The van der Waals surface area contributed by atoms with Gasteiger partial charge in [0.25, 0.3) is 15.9 Å². The van der Waals surface area contributed by atoms with Crippen LogP contribution in [0, 0.1) is 0 Å². The highest BCUT2D eigenvalue weighted by Crippen LogP contribution is 2.26. The number of carbonyl (C=O) groups excluding carboxylic acids is 1. The molecule has 34 heavy (non-hydrogen) atoms. The average molecular weight is 484 g/mol. The molecule has 0 saturated heterocycles. The molecule has 0 bridgehead atoms. The first-order valence-corrected chi connectivity index (χ1v) is 11.8. The number of ether oxygens (including phenoxy) is 2. The van der Waals surface area contributed by atoms with Crippen LogP contribution < -0.4 is 19.2 Å². The number of hydrogen-bond acceptors (Lipinski definition) is 7. The van der Waals surface area contributed by atoms with Gasteiger partial charge < -0.3 is 14.6 Å². The van der Waals surface area contributed by atoms with E-state index in [9.17, 15) is 18.3 Å². The number of methoxy groups -OCH3 is 1. The average Bonchev–Trinajstić information content (AvgIpc) is 2.85. The molecule has 9 nitrogen and oxygen atoms in total. The number of hydrazone groups is 1. The fourth-order valence-electron chi connectivity index (χ4n) is 3.01. The monoisotopic (exact) mass is 483 g/mol. The second-order valence-corrected chi connectivity index (χ2v) is 8.84. The summed E-state index contributed by atoms with van der Waals surface area (Å²) in [6.45, 7) is 1.68. The number of phenols is 1. The van der Waals surface area contributed by atoms with Crippen molar-refractivity contribution >= 4 is 27.8 Å². The highest BCUT2D eigenvalue weighted by Gasteiger charge is 2.27. The van der Waals surface area contributed by atoms with E-state index in [4.69, 9.17) is 9.47 Å². The van der Waals surface area contributed by atoms with E-state index in [1.54, 1.807) is 49.4 Å². The number of anilines is 1. The first-order valence-electron chi connectivity index (χ1n) is 10.3. The van der Waals surface area contributed by atoms with Gasteiger partial charge in [0.15, 0.2) is 11.5 Å². The topological polar surface area (TPSA) is 118 Å². The molecule has 0 radical (unpaired) electrons. The molecule has 0 aliphatic heterocycles. The van der Waals surface area contributed by atoms with Crippen LogP contribution in [0.15, 0.2) is 82.8 Å². The number of nitrogens with zero attached hydrogens (tertiary/aromatic N) is 2. The standard InChI is InChI=1S/C24H25N3O6S/c1-3-33-23-15-18(9-14-22(23)28)16-25-26-24(29)17-27(19-7-5-4-6-8-19)34(30,31)21-12-10-20(32-2)11-13-21/h4-16,28H,3,17H2,1-2H3,(H,26,29). The Bertz CT molecular complexity index is 1250. The Kier molecular flexibility index (Phi) is 8.10. The second-order valence-electron chi connectivity index (χ2n) is 6.98. The van der Waals surface area contributed by atoms with Crippen LogP contribution in [0.4, 0.5) is 5.69 Å². The second kappa shape index (κ2) is 11.2. The molecule has 0 atom stereocenters. The number of rotatable bonds is 10. The maximum absolute atomic E-state index is 13.3. The third-order valence-corrected chi connectivity index (χ3v) is 6.45. The van der Waals surface area contributed by atoms with Crippen LogP contribution in [0.2, 0.25) is 0 Å². The lowest BCUT2D eigenvalue weighted by molar-refractivity contribution is -0.119. The molecular weight excluding hydrogens is 458 g/mol. The number of benzene rings is 3. The minimum Gasteiger partial charge on any atom is -0.504 e. The van der Waals surface area contributed by atoms with E-state index in [-0.39, 0.29) is 10.6 Å². The molecule has 0 aliphatic rings. The first-order chi connectivity index (χ1) is 16.3. The highest BCUT2D eigenvalue weighted by molar-refractivity contribution is 7.92. The Morgan fingerprint density at radius 1 is 1.09 bits per heavy atom. The van der Waals surface area contributed by atoms with Crippen LogP contribution in [0.25, 0.3) is 0 Å². The van der Waals surface area contributed by atoms with Crippen molar-refractivity contribution in [3.63, 3.8) is 0 Å². The summed E-state index contributed by atoms with van der Waals surface area (Å²) < 4.78 is 38.1. The predicted octanol–water partition coefficient (Wildman–Crippen LogP) is 3.15. The fourth-order valence-corrected chi connectivity index (χ4v) is 4.43. The van der Waals surface area contributed by atoms with E-state index in [1.807, 2.05) is 0 Å². The molecule has 10 heteroatoms. The summed E-state index contributed by atoms with van der Waals surface area (Å²) in [4.78, 5) is 12.6. The fraction of sp³-hybridized carbons (Fsp3) is 0.167. The van der Waals surface area contributed by atoms with E-state index >= 15 is 0 Å². The van der Waals surface area contributed by atoms with Gasteiger partial charge in [-0.3, -0.25) is 9.10 Å². The van der Waals surface area contributed by atoms with Crippen LogP contribution in [0.1, 0.15) is 12.5 Å². The van der Waals surface area contributed by atoms with E-state index in [0.29, 0.717) is 29.4 Å². The van der Waals surface area contributed by atoms with Gasteiger partial charge in [-0.1, -0.05) is 18.2 Å². The van der Waals surface area contributed by atoms with Crippen molar-refractivity contribution < 1.29 is 27.8 Å². The molecular formula is C24H25N3O6S. The molecule has 0 aliphatic carbocycles. The van der Waals surface area contributed by atoms with Gasteiger partial charge in [0.1, 0.15) is 12.3 Å². The van der Waals surface area contributed by atoms with E-state index in [2.05, 4.69) is 10.5 Å². The molecule has 1 amide bonds. The van der Waals surface area contributed by atoms with E-state index in [1.165, 1.54) is 43.7 Å². The number of para-hydroxylation sites is 1. The number of carbonyl (C=O) groups is 1. The van der Waals surface area contributed by atoms with Crippen LogP contribution in [0.5, 0.6) is 17.2 Å². The zero-order valence-corrected chi connectivity index (χ0v) is 19.5. The summed E-state index contributed by atoms with van der Waals surface area (Å²) in [5, 5.41) is 13.7. The number of sulfonamides is 1. The Morgan fingerprint density at radius 2 is 1.79 bits per heavy atom. The lowest BCUT2D eigenvalue weighted by atomic mass is 10.2. The minimum absolute atomic E-state index is 0.00900. The molecule has 3 aromatic rings. The molecule has 3 aromatic carbocycles. The summed E-state index contributed by atoms with van der Waals surface area (Å²) in [5.74, 6) is 0.156. The van der Waals surface area contributed by atoms with Gasteiger partial charge in [-0.15, -0.1) is 0 Å². The van der Waals surface area contributed by atoms with Crippen LogP contribution in [-0.4, -0.2) is 45.9 Å². The van der Waals surface area contributed by atoms with Crippen LogP contribution >= 0.6 is 0 Å². The SMILES string of the molecule is CCOc1cc(C=NNC(=O)CN(c2ccccc2)S(=O)(=O)c2ccc(OC)cc2)ccc1O. The molecule has 0 fully saturated rings. The van der Waals surface area contributed by atoms with Gasteiger partial charge >= 0.3 is 0 Å². The predicted molar refractivity (Wildman–Crippen MR) is 129 cm³/mol. The summed E-state index contributed by atoms with van der Waals surface area (Å²) in [7, 11) is -2.56. The summed E-state index contributed by atoms with van der Waals surface area (Å²) in [5.41, 5.74) is 3.25. The summed E-state index contributed by atoms with van der Waals surface area (Å²) in [6.07, 6.45) is 1.37. The van der Waals surface area contributed by atoms with Gasteiger partial charge in [0.05, 0.1) is 30.5 Å².